The molecule has 0 spiro atoms. The summed E-state index contributed by atoms with van der Waals surface area (Å²) in [6.45, 7) is 6.39. The van der Waals surface area contributed by atoms with Crippen molar-refractivity contribution in [3.8, 4) is 0 Å². The van der Waals surface area contributed by atoms with E-state index < -0.39 is 6.03 Å². The molecule has 0 fully saturated rings. The number of aromatic nitrogens is 3. The van der Waals surface area contributed by atoms with E-state index >= 15 is 0 Å². The van der Waals surface area contributed by atoms with E-state index in [0.717, 1.165) is 23.2 Å². The Labute approximate surface area is 218 Å². The van der Waals surface area contributed by atoms with Crippen molar-refractivity contribution in [3.63, 3.8) is 0 Å². The molecule has 0 aliphatic carbocycles. The predicted molar refractivity (Wildman–Crippen MR) is 144 cm³/mol. The van der Waals surface area contributed by atoms with Crippen LogP contribution in [0.3, 0.4) is 0 Å². The SMILES string of the molecule is CCCNC(=O)c1cn2ncnc(Nc3cc(NC(=O)Nc4cccc(Cl)c4Cl)ccc3C)c2c1C. The topological polar surface area (TPSA) is 112 Å². The standard InChI is InChI=1S/C25H25Cl2N7O2/c1-4-10-28-24(35)17-12-34-22(15(17)3)23(29-13-30-34)32-20-11-16(9-8-14(20)2)31-25(36)33-19-7-5-6-18(26)21(19)27/h5-9,11-13H,4,10H2,1-3H3,(H,28,35)(H,29,30,32)(H2,31,33,36). The van der Waals surface area contributed by atoms with Crippen LogP contribution in [0.4, 0.5) is 27.7 Å². The minimum Gasteiger partial charge on any atom is -0.352 e. The van der Waals surface area contributed by atoms with Crippen molar-refractivity contribution in [2.24, 2.45) is 0 Å². The first-order chi connectivity index (χ1) is 17.3. The molecule has 0 saturated carbocycles. The number of amides is 3. The summed E-state index contributed by atoms with van der Waals surface area (Å²) in [6, 6.07) is 9.98. The summed E-state index contributed by atoms with van der Waals surface area (Å²) in [5, 5.41) is 16.6. The van der Waals surface area contributed by atoms with Crippen LogP contribution in [0.5, 0.6) is 0 Å². The van der Waals surface area contributed by atoms with E-state index in [4.69, 9.17) is 23.2 Å². The number of rotatable bonds is 7. The summed E-state index contributed by atoms with van der Waals surface area (Å²) in [5.74, 6) is 0.381. The van der Waals surface area contributed by atoms with Gasteiger partial charge in [0, 0.05) is 24.1 Å². The number of nitrogens with zero attached hydrogens (tertiary/aromatic N) is 3. The molecule has 4 N–H and O–H groups in total. The highest BCUT2D eigenvalue weighted by Crippen LogP contribution is 2.31. The summed E-state index contributed by atoms with van der Waals surface area (Å²) in [6.07, 6.45) is 3.96. The number of hydrogen-bond donors (Lipinski definition) is 4. The Morgan fingerprint density at radius 1 is 1.06 bits per heavy atom. The first-order valence-electron chi connectivity index (χ1n) is 11.3. The van der Waals surface area contributed by atoms with E-state index in [-0.39, 0.29) is 10.9 Å². The molecule has 3 amide bonds. The van der Waals surface area contributed by atoms with Crippen LogP contribution in [0.25, 0.3) is 5.52 Å². The molecule has 4 aromatic rings. The maximum Gasteiger partial charge on any atom is 0.323 e. The fourth-order valence-electron chi connectivity index (χ4n) is 3.66. The Morgan fingerprint density at radius 3 is 2.64 bits per heavy atom. The van der Waals surface area contributed by atoms with E-state index in [0.29, 0.717) is 39.8 Å². The highest BCUT2D eigenvalue weighted by Gasteiger charge is 2.18. The van der Waals surface area contributed by atoms with Gasteiger partial charge in [0.25, 0.3) is 5.91 Å². The molecule has 0 atom stereocenters. The van der Waals surface area contributed by atoms with E-state index in [2.05, 4.69) is 31.3 Å². The van der Waals surface area contributed by atoms with Crippen LogP contribution in [0, 0.1) is 13.8 Å². The van der Waals surface area contributed by atoms with Gasteiger partial charge in [0.1, 0.15) is 11.8 Å². The second-order valence-corrected chi connectivity index (χ2v) is 8.95. The molecule has 2 aromatic heterocycles. The lowest BCUT2D eigenvalue weighted by Crippen LogP contribution is -2.24. The normalized spacial score (nSPS) is 10.8. The van der Waals surface area contributed by atoms with Gasteiger partial charge >= 0.3 is 6.03 Å². The van der Waals surface area contributed by atoms with Gasteiger partial charge in [0.2, 0.25) is 0 Å². The molecule has 0 unspecified atom stereocenters. The average Bonchev–Trinajstić information content (AvgIpc) is 3.20. The van der Waals surface area contributed by atoms with Crippen molar-refractivity contribution in [2.75, 3.05) is 22.5 Å². The van der Waals surface area contributed by atoms with Crippen LogP contribution in [0.1, 0.15) is 34.8 Å². The molecular weight excluding hydrogens is 501 g/mol. The number of urea groups is 1. The molecule has 186 valence electrons. The minimum atomic E-state index is -0.469. The van der Waals surface area contributed by atoms with E-state index in [1.165, 1.54) is 6.33 Å². The molecule has 0 aliphatic heterocycles. The summed E-state index contributed by atoms with van der Waals surface area (Å²) >= 11 is 12.2. The molecule has 0 saturated heterocycles. The lowest BCUT2D eigenvalue weighted by atomic mass is 10.1. The predicted octanol–water partition coefficient (Wildman–Crippen LogP) is 6.18. The van der Waals surface area contributed by atoms with Crippen molar-refractivity contribution in [3.05, 3.63) is 75.7 Å². The smallest absolute Gasteiger partial charge is 0.323 e. The number of carbonyl (C=O) groups excluding carboxylic acids is 2. The Hall–Kier alpha value is -3.82. The number of carbonyl (C=O) groups is 2. The quantitative estimate of drug-likeness (QED) is 0.230. The van der Waals surface area contributed by atoms with Gasteiger partial charge in [-0.3, -0.25) is 4.79 Å². The van der Waals surface area contributed by atoms with E-state index in [1.54, 1.807) is 41.0 Å². The lowest BCUT2D eigenvalue weighted by molar-refractivity contribution is 0.0953. The van der Waals surface area contributed by atoms with Gasteiger partial charge < -0.3 is 21.3 Å². The molecule has 0 radical (unpaired) electrons. The van der Waals surface area contributed by atoms with Crippen molar-refractivity contribution in [2.45, 2.75) is 27.2 Å². The zero-order valence-electron chi connectivity index (χ0n) is 19.9. The van der Waals surface area contributed by atoms with Crippen molar-refractivity contribution < 1.29 is 9.59 Å². The maximum absolute atomic E-state index is 12.6. The Morgan fingerprint density at radius 2 is 1.86 bits per heavy atom. The fourth-order valence-corrected chi connectivity index (χ4v) is 4.01. The van der Waals surface area contributed by atoms with Gasteiger partial charge in [-0.2, -0.15) is 5.10 Å². The van der Waals surface area contributed by atoms with Gasteiger partial charge in [0.15, 0.2) is 5.82 Å². The van der Waals surface area contributed by atoms with Gasteiger partial charge in [-0.25, -0.2) is 14.3 Å². The Kier molecular flexibility index (Phi) is 7.61. The fraction of sp³-hybridized carbons (Fsp3) is 0.200. The average molecular weight is 526 g/mol. The largest absolute Gasteiger partial charge is 0.352 e. The summed E-state index contributed by atoms with van der Waals surface area (Å²) < 4.78 is 1.63. The van der Waals surface area contributed by atoms with Gasteiger partial charge in [-0.05, 0) is 55.7 Å². The van der Waals surface area contributed by atoms with Crippen LogP contribution in [0.2, 0.25) is 10.0 Å². The Balaban J connectivity index is 1.57. The number of fused-ring (bicyclic) bond motifs is 1. The number of benzene rings is 2. The minimum absolute atomic E-state index is 0.154. The van der Waals surface area contributed by atoms with Crippen LogP contribution < -0.4 is 21.3 Å². The van der Waals surface area contributed by atoms with Gasteiger partial charge in [-0.1, -0.05) is 42.3 Å². The molecule has 2 aromatic carbocycles. The van der Waals surface area contributed by atoms with Crippen molar-refractivity contribution >= 4 is 63.5 Å². The third-order valence-corrected chi connectivity index (χ3v) is 6.37. The van der Waals surface area contributed by atoms with Crippen LogP contribution in [-0.2, 0) is 0 Å². The molecule has 36 heavy (non-hydrogen) atoms. The van der Waals surface area contributed by atoms with E-state index in [9.17, 15) is 9.59 Å². The number of anilines is 4. The number of halogens is 2. The number of hydrogen-bond acceptors (Lipinski definition) is 5. The number of nitrogens with one attached hydrogen (secondary N) is 4. The zero-order chi connectivity index (χ0) is 25.8. The van der Waals surface area contributed by atoms with Crippen LogP contribution in [-0.4, -0.2) is 33.1 Å². The third kappa shape index (κ3) is 5.37. The lowest BCUT2D eigenvalue weighted by Gasteiger charge is -2.14. The second kappa shape index (κ2) is 10.8. The molecule has 0 bridgehead atoms. The monoisotopic (exact) mass is 525 g/mol. The molecule has 2 heterocycles. The molecule has 9 nitrogen and oxygen atoms in total. The van der Waals surface area contributed by atoms with Crippen LogP contribution >= 0.6 is 23.2 Å². The summed E-state index contributed by atoms with van der Waals surface area (Å²) in [7, 11) is 0. The molecule has 11 heteroatoms. The molecular formula is C25H25Cl2N7O2. The first-order valence-corrected chi connectivity index (χ1v) is 12.0. The Bertz CT molecular complexity index is 1450. The first kappa shape index (κ1) is 25.3. The molecule has 0 aliphatic rings. The number of aryl methyl sites for hydroxylation is 2. The summed E-state index contributed by atoms with van der Waals surface area (Å²) in [4.78, 5) is 29.5. The van der Waals surface area contributed by atoms with Gasteiger partial charge in [0.05, 0.1) is 21.3 Å². The second-order valence-electron chi connectivity index (χ2n) is 8.16. The highest BCUT2D eigenvalue weighted by atomic mass is 35.5. The van der Waals surface area contributed by atoms with Gasteiger partial charge in [-0.15, -0.1) is 0 Å². The highest BCUT2D eigenvalue weighted by molar-refractivity contribution is 6.44. The maximum atomic E-state index is 12.6. The van der Waals surface area contributed by atoms with Crippen molar-refractivity contribution in [1.82, 2.24) is 19.9 Å². The molecule has 4 rings (SSSR count). The van der Waals surface area contributed by atoms with Crippen LogP contribution in [0.15, 0.2) is 48.9 Å². The third-order valence-electron chi connectivity index (χ3n) is 5.56. The van der Waals surface area contributed by atoms with Crippen molar-refractivity contribution in [1.29, 1.82) is 0 Å². The summed E-state index contributed by atoms with van der Waals surface area (Å²) in [5.41, 5.74) is 4.60. The zero-order valence-corrected chi connectivity index (χ0v) is 21.5. The van der Waals surface area contributed by atoms with E-state index in [1.807, 2.05) is 26.8 Å².